The van der Waals surface area contributed by atoms with Crippen LogP contribution in [0.4, 0.5) is 10.1 Å². The van der Waals surface area contributed by atoms with Crippen LogP contribution in [-0.2, 0) is 4.79 Å². The van der Waals surface area contributed by atoms with E-state index in [1.165, 1.54) is 30.5 Å². The minimum Gasteiger partial charge on any atom is -0.508 e. The summed E-state index contributed by atoms with van der Waals surface area (Å²) in [7, 11) is 0. The number of carboxylic acid groups (broad SMARTS) is 1. The molecule has 1 aliphatic heterocycles. The van der Waals surface area contributed by atoms with Gasteiger partial charge in [0.1, 0.15) is 17.1 Å². The molecule has 0 radical (unpaired) electrons. The van der Waals surface area contributed by atoms with Crippen molar-refractivity contribution < 1.29 is 24.2 Å². The third kappa shape index (κ3) is 2.93. The number of hydrogen-bond acceptors (Lipinski definition) is 3. The quantitative estimate of drug-likeness (QED) is 0.662. The van der Waals surface area contributed by atoms with Crippen molar-refractivity contribution >= 4 is 17.6 Å². The van der Waals surface area contributed by atoms with Crippen LogP contribution in [0.3, 0.4) is 0 Å². The van der Waals surface area contributed by atoms with Gasteiger partial charge in [-0.1, -0.05) is 12.1 Å². The molecule has 0 unspecified atom stereocenters. The number of aromatic hydroxyl groups is 1. The number of phenols is 1. The van der Waals surface area contributed by atoms with Crippen LogP contribution in [-0.4, -0.2) is 26.7 Å². The Balaban J connectivity index is 1.95. The first-order valence-electron chi connectivity index (χ1n) is 8.27. The van der Waals surface area contributed by atoms with Gasteiger partial charge in [-0.05, 0) is 42.0 Å². The van der Waals surface area contributed by atoms with E-state index in [-0.39, 0.29) is 29.3 Å². The lowest BCUT2D eigenvalue weighted by Gasteiger charge is -2.26. The Kier molecular flexibility index (Phi) is 3.92. The van der Waals surface area contributed by atoms with Gasteiger partial charge in [0.05, 0.1) is 11.4 Å². The van der Waals surface area contributed by atoms with E-state index in [0.717, 1.165) is 5.56 Å². The summed E-state index contributed by atoms with van der Waals surface area (Å²) in [5, 5.41) is 21.8. The van der Waals surface area contributed by atoms with Gasteiger partial charge in [-0.3, -0.25) is 4.79 Å². The van der Waals surface area contributed by atoms with Gasteiger partial charge < -0.3 is 20.1 Å². The van der Waals surface area contributed by atoms with Crippen LogP contribution in [0, 0.1) is 5.82 Å². The summed E-state index contributed by atoms with van der Waals surface area (Å²) in [6, 6.07) is 12.1. The predicted octanol–water partition coefficient (Wildman–Crippen LogP) is 3.49. The Morgan fingerprint density at radius 3 is 2.41 bits per heavy atom. The van der Waals surface area contributed by atoms with Crippen molar-refractivity contribution in [2.24, 2.45) is 0 Å². The summed E-state index contributed by atoms with van der Waals surface area (Å²) in [5.41, 5.74) is 2.15. The highest BCUT2D eigenvalue weighted by molar-refractivity contribution is 6.04. The van der Waals surface area contributed by atoms with Crippen molar-refractivity contribution in [2.75, 3.05) is 5.32 Å². The molecule has 3 aromatic rings. The summed E-state index contributed by atoms with van der Waals surface area (Å²) >= 11 is 0. The van der Waals surface area contributed by atoms with Crippen molar-refractivity contribution in [3.8, 4) is 11.4 Å². The molecule has 136 valence electrons. The molecule has 7 heteroatoms. The first-order valence-corrected chi connectivity index (χ1v) is 8.27. The van der Waals surface area contributed by atoms with E-state index in [1.54, 1.807) is 28.8 Å². The third-order valence-corrected chi connectivity index (χ3v) is 4.66. The van der Waals surface area contributed by atoms with E-state index >= 15 is 0 Å². The molecule has 0 bridgehead atoms. The maximum absolute atomic E-state index is 13.3. The molecule has 27 heavy (non-hydrogen) atoms. The van der Waals surface area contributed by atoms with Crippen LogP contribution < -0.4 is 5.32 Å². The lowest BCUT2D eigenvalue weighted by atomic mass is 9.88. The first kappa shape index (κ1) is 16.8. The van der Waals surface area contributed by atoms with Gasteiger partial charge in [0, 0.05) is 24.2 Å². The lowest BCUT2D eigenvalue weighted by Crippen LogP contribution is -2.25. The van der Waals surface area contributed by atoms with E-state index in [9.17, 15) is 24.2 Å². The number of anilines is 1. The van der Waals surface area contributed by atoms with Crippen molar-refractivity contribution in [1.29, 1.82) is 0 Å². The predicted molar refractivity (Wildman–Crippen MR) is 95.9 cm³/mol. The fraction of sp³-hybridized carbons (Fsp3) is 0.100. The second-order valence-corrected chi connectivity index (χ2v) is 6.35. The van der Waals surface area contributed by atoms with Gasteiger partial charge in [-0.2, -0.15) is 0 Å². The molecule has 0 fully saturated rings. The number of carbonyl (C=O) groups excluding carboxylic acids is 1. The molecule has 6 nitrogen and oxygen atoms in total. The highest BCUT2D eigenvalue weighted by Crippen LogP contribution is 2.41. The average Bonchev–Trinajstić information content (AvgIpc) is 3.02. The number of carbonyl (C=O) groups is 2. The third-order valence-electron chi connectivity index (χ3n) is 4.66. The fourth-order valence-corrected chi connectivity index (χ4v) is 3.43. The van der Waals surface area contributed by atoms with Gasteiger partial charge in [0.15, 0.2) is 0 Å². The monoisotopic (exact) mass is 366 g/mol. The number of rotatable bonds is 3. The number of halogens is 1. The molecule has 0 saturated carbocycles. The summed E-state index contributed by atoms with van der Waals surface area (Å²) in [5.74, 6) is -2.17. The molecule has 1 amide bonds. The van der Waals surface area contributed by atoms with Gasteiger partial charge in [0.25, 0.3) is 0 Å². The smallest absolute Gasteiger partial charge is 0.339 e. The fourth-order valence-electron chi connectivity index (χ4n) is 3.43. The topological polar surface area (TPSA) is 91.6 Å². The SMILES string of the molecule is O=C1C[C@H](c2ccc(O)cc2)c2c(c(C(=O)O)cn2-c2ccc(F)cc2)N1. The molecule has 4 rings (SSSR count). The van der Waals surface area contributed by atoms with Gasteiger partial charge in [-0.25, -0.2) is 9.18 Å². The first-order chi connectivity index (χ1) is 12.9. The Morgan fingerprint density at radius 1 is 1.11 bits per heavy atom. The molecular formula is C20H15FN2O4. The van der Waals surface area contributed by atoms with E-state index in [1.807, 2.05) is 0 Å². The summed E-state index contributed by atoms with van der Waals surface area (Å²) in [6.07, 6.45) is 1.56. The minimum atomic E-state index is -1.17. The van der Waals surface area contributed by atoms with Gasteiger partial charge in [0.2, 0.25) is 5.91 Å². The van der Waals surface area contributed by atoms with E-state index in [4.69, 9.17) is 0 Å². The van der Waals surface area contributed by atoms with Crippen molar-refractivity contribution in [1.82, 2.24) is 4.57 Å². The van der Waals surface area contributed by atoms with Gasteiger partial charge >= 0.3 is 5.97 Å². The highest BCUT2D eigenvalue weighted by atomic mass is 19.1. The Hall–Kier alpha value is -3.61. The number of carboxylic acids is 1. The number of fused-ring (bicyclic) bond motifs is 1. The van der Waals surface area contributed by atoms with Crippen molar-refractivity contribution in [3.63, 3.8) is 0 Å². The number of phenolic OH excluding ortho intramolecular Hbond substituents is 1. The summed E-state index contributed by atoms with van der Waals surface area (Å²) in [6.45, 7) is 0. The maximum atomic E-state index is 13.3. The Morgan fingerprint density at radius 2 is 1.78 bits per heavy atom. The molecule has 0 saturated heterocycles. The van der Waals surface area contributed by atoms with E-state index in [0.29, 0.717) is 11.4 Å². The molecule has 0 spiro atoms. The number of hydrogen-bond donors (Lipinski definition) is 3. The Bertz CT molecular complexity index is 1040. The highest BCUT2D eigenvalue weighted by Gasteiger charge is 2.34. The molecule has 3 N–H and O–H groups in total. The zero-order valence-electron chi connectivity index (χ0n) is 14.0. The molecular weight excluding hydrogens is 351 g/mol. The van der Waals surface area contributed by atoms with E-state index in [2.05, 4.69) is 5.32 Å². The number of nitrogens with one attached hydrogen (secondary N) is 1. The second kappa shape index (κ2) is 6.28. The zero-order chi connectivity index (χ0) is 19.1. The molecule has 2 aromatic carbocycles. The lowest BCUT2D eigenvalue weighted by molar-refractivity contribution is -0.116. The van der Waals surface area contributed by atoms with Crippen LogP contribution >= 0.6 is 0 Å². The minimum absolute atomic E-state index is 0.0360. The second-order valence-electron chi connectivity index (χ2n) is 6.35. The number of amides is 1. The van der Waals surface area contributed by atoms with E-state index < -0.39 is 17.7 Å². The molecule has 2 heterocycles. The number of aromatic nitrogens is 1. The molecule has 1 atom stereocenters. The standard InChI is InChI=1S/C20H15FN2O4/c21-12-3-5-13(6-4-12)23-10-16(20(26)27)18-19(23)15(9-17(25)22-18)11-1-7-14(24)8-2-11/h1-8,10,15,24H,9H2,(H,22,25)(H,26,27)/t15-/m1/s1. The molecule has 1 aliphatic rings. The van der Waals surface area contributed by atoms with Gasteiger partial charge in [-0.15, -0.1) is 0 Å². The summed E-state index contributed by atoms with van der Waals surface area (Å²) < 4.78 is 15.0. The average molecular weight is 366 g/mol. The van der Waals surface area contributed by atoms with Crippen LogP contribution in [0.15, 0.2) is 54.7 Å². The van der Waals surface area contributed by atoms with Crippen LogP contribution in [0.1, 0.15) is 34.0 Å². The molecule has 0 aliphatic carbocycles. The Labute approximate surface area is 153 Å². The van der Waals surface area contributed by atoms with Crippen molar-refractivity contribution in [2.45, 2.75) is 12.3 Å². The van der Waals surface area contributed by atoms with Crippen LogP contribution in [0.25, 0.3) is 5.69 Å². The van der Waals surface area contributed by atoms with Crippen LogP contribution in [0.5, 0.6) is 5.75 Å². The number of nitrogens with zero attached hydrogens (tertiary/aromatic N) is 1. The van der Waals surface area contributed by atoms with Crippen LogP contribution in [0.2, 0.25) is 0 Å². The normalized spacial score (nSPS) is 15.9. The zero-order valence-corrected chi connectivity index (χ0v) is 14.0. The van der Waals surface area contributed by atoms with Crippen molar-refractivity contribution in [3.05, 3.63) is 77.4 Å². The number of benzene rings is 2. The largest absolute Gasteiger partial charge is 0.508 e. The summed E-state index contributed by atoms with van der Waals surface area (Å²) in [4.78, 5) is 23.9. The maximum Gasteiger partial charge on any atom is 0.339 e. The number of aromatic carboxylic acids is 1. The molecule has 1 aromatic heterocycles.